The molecule has 0 amide bonds. The molecule has 0 aromatic carbocycles. The van der Waals surface area contributed by atoms with Gasteiger partial charge in [0.15, 0.2) is 0 Å². The summed E-state index contributed by atoms with van der Waals surface area (Å²) in [6.45, 7) is 11.6. The average Bonchev–Trinajstić information content (AvgIpc) is 2.39. The van der Waals surface area contributed by atoms with E-state index in [1.54, 1.807) is 0 Å². The molecule has 0 atom stereocenters. The van der Waals surface area contributed by atoms with Crippen molar-refractivity contribution in [2.45, 2.75) is 39.5 Å². The lowest BCUT2D eigenvalue weighted by atomic mass is 10.2. The molecule has 0 heterocycles. The molecule has 0 bridgehead atoms. The summed E-state index contributed by atoms with van der Waals surface area (Å²) < 4.78 is 10.8. The highest BCUT2D eigenvalue weighted by Crippen LogP contribution is 1.90. The van der Waals surface area contributed by atoms with Crippen LogP contribution in [0.25, 0.3) is 0 Å². The Kier molecular flexibility index (Phi) is 16.7. The smallest absolute Gasteiger partial charge is 0.0591 e. The van der Waals surface area contributed by atoms with E-state index in [0.29, 0.717) is 0 Å². The van der Waals surface area contributed by atoms with Gasteiger partial charge in [-0.05, 0) is 32.9 Å². The van der Waals surface area contributed by atoms with Crippen LogP contribution in [0.5, 0.6) is 0 Å². The topological polar surface area (TPSA) is 42.5 Å². The van der Waals surface area contributed by atoms with Crippen molar-refractivity contribution in [3.8, 4) is 0 Å². The Bertz CT molecular complexity index is 130. The van der Waals surface area contributed by atoms with E-state index in [2.05, 4.69) is 17.6 Å². The third kappa shape index (κ3) is 15.8. The molecule has 0 aromatic rings. The molecular formula is C14H32N2O2. The van der Waals surface area contributed by atoms with E-state index in [0.717, 1.165) is 59.0 Å². The molecule has 18 heavy (non-hydrogen) atoms. The minimum atomic E-state index is 0.797. The SMILES string of the molecule is CCCCCNCCOCCNCCCOCC. The van der Waals surface area contributed by atoms with Crippen molar-refractivity contribution in [3.05, 3.63) is 0 Å². The molecule has 0 unspecified atom stereocenters. The molecule has 4 heteroatoms. The molecule has 0 aromatic heterocycles. The van der Waals surface area contributed by atoms with Gasteiger partial charge in [-0.3, -0.25) is 0 Å². The summed E-state index contributed by atoms with van der Waals surface area (Å²) >= 11 is 0. The van der Waals surface area contributed by atoms with Gasteiger partial charge in [0.2, 0.25) is 0 Å². The maximum Gasteiger partial charge on any atom is 0.0591 e. The fourth-order valence-corrected chi connectivity index (χ4v) is 1.58. The molecule has 0 aliphatic heterocycles. The van der Waals surface area contributed by atoms with Crippen molar-refractivity contribution in [2.75, 3.05) is 52.6 Å². The molecule has 0 aliphatic rings. The van der Waals surface area contributed by atoms with E-state index in [1.807, 2.05) is 6.92 Å². The largest absolute Gasteiger partial charge is 0.382 e. The van der Waals surface area contributed by atoms with Crippen LogP contribution in [0.1, 0.15) is 39.5 Å². The Labute approximate surface area is 113 Å². The minimum Gasteiger partial charge on any atom is -0.382 e. The van der Waals surface area contributed by atoms with Gasteiger partial charge in [0.05, 0.1) is 13.2 Å². The molecule has 0 aliphatic carbocycles. The van der Waals surface area contributed by atoms with Crippen molar-refractivity contribution in [1.29, 1.82) is 0 Å². The number of nitrogens with one attached hydrogen (secondary N) is 2. The summed E-state index contributed by atoms with van der Waals surface area (Å²) in [7, 11) is 0. The Balaban J connectivity index is 2.86. The van der Waals surface area contributed by atoms with Crippen molar-refractivity contribution in [1.82, 2.24) is 10.6 Å². The molecule has 4 nitrogen and oxygen atoms in total. The van der Waals surface area contributed by atoms with E-state index in [1.165, 1.54) is 19.3 Å². The number of ether oxygens (including phenoxy) is 2. The van der Waals surface area contributed by atoms with Crippen molar-refractivity contribution < 1.29 is 9.47 Å². The van der Waals surface area contributed by atoms with Crippen LogP contribution in [0.2, 0.25) is 0 Å². The van der Waals surface area contributed by atoms with Crippen LogP contribution >= 0.6 is 0 Å². The first-order chi connectivity index (χ1) is 8.91. The van der Waals surface area contributed by atoms with Crippen molar-refractivity contribution >= 4 is 0 Å². The number of rotatable bonds is 15. The first-order valence-corrected chi connectivity index (χ1v) is 7.48. The predicted octanol–water partition coefficient (Wildman–Crippen LogP) is 1.80. The second-order valence-electron chi connectivity index (χ2n) is 4.37. The first-order valence-electron chi connectivity index (χ1n) is 7.48. The van der Waals surface area contributed by atoms with E-state index in [4.69, 9.17) is 9.47 Å². The fourth-order valence-electron chi connectivity index (χ4n) is 1.58. The van der Waals surface area contributed by atoms with Gasteiger partial charge >= 0.3 is 0 Å². The van der Waals surface area contributed by atoms with Gasteiger partial charge in [-0.25, -0.2) is 0 Å². The summed E-state index contributed by atoms with van der Waals surface area (Å²) in [5.41, 5.74) is 0. The van der Waals surface area contributed by atoms with Gasteiger partial charge < -0.3 is 20.1 Å². The molecule has 0 saturated heterocycles. The summed E-state index contributed by atoms with van der Waals surface area (Å²) in [6, 6.07) is 0. The Hall–Kier alpha value is -0.160. The van der Waals surface area contributed by atoms with Crippen LogP contribution in [0.3, 0.4) is 0 Å². The molecule has 2 N–H and O–H groups in total. The molecule has 110 valence electrons. The van der Waals surface area contributed by atoms with Crippen molar-refractivity contribution in [3.63, 3.8) is 0 Å². The summed E-state index contributed by atoms with van der Waals surface area (Å²) in [4.78, 5) is 0. The number of hydrogen-bond donors (Lipinski definition) is 2. The lowest BCUT2D eigenvalue weighted by Gasteiger charge is -2.07. The molecular weight excluding hydrogens is 228 g/mol. The molecule has 0 fully saturated rings. The standard InChI is InChI=1S/C14H32N2O2/c1-3-5-6-8-15-10-13-18-14-11-16-9-7-12-17-4-2/h15-16H,3-14H2,1-2H3. The zero-order valence-corrected chi connectivity index (χ0v) is 12.3. The maximum absolute atomic E-state index is 5.51. The van der Waals surface area contributed by atoms with Crippen LogP contribution in [-0.4, -0.2) is 52.6 Å². The average molecular weight is 260 g/mol. The second kappa shape index (κ2) is 16.8. The molecule has 0 rings (SSSR count). The van der Waals surface area contributed by atoms with Crippen molar-refractivity contribution in [2.24, 2.45) is 0 Å². The highest BCUT2D eigenvalue weighted by Gasteiger charge is 1.91. The van der Waals surface area contributed by atoms with Crippen LogP contribution in [0.15, 0.2) is 0 Å². The lowest BCUT2D eigenvalue weighted by molar-refractivity contribution is 0.132. The third-order valence-corrected chi connectivity index (χ3v) is 2.65. The molecule has 0 saturated carbocycles. The van der Waals surface area contributed by atoms with Gasteiger partial charge in [-0.1, -0.05) is 19.8 Å². The van der Waals surface area contributed by atoms with Crippen LogP contribution < -0.4 is 10.6 Å². The summed E-state index contributed by atoms with van der Waals surface area (Å²) in [5, 5.41) is 6.72. The Morgan fingerprint density at radius 1 is 0.667 bits per heavy atom. The van der Waals surface area contributed by atoms with Gasteiger partial charge in [-0.15, -0.1) is 0 Å². The van der Waals surface area contributed by atoms with Crippen LogP contribution in [0, 0.1) is 0 Å². The summed E-state index contributed by atoms with van der Waals surface area (Å²) in [6.07, 6.45) is 4.96. The normalized spacial score (nSPS) is 11.0. The molecule has 0 spiro atoms. The zero-order valence-electron chi connectivity index (χ0n) is 12.3. The zero-order chi connectivity index (χ0) is 13.3. The van der Waals surface area contributed by atoms with E-state index < -0.39 is 0 Å². The van der Waals surface area contributed by atoms with Gasteiger partial charge in [0.1, 0.15) is 0 Å². The van der Waals surface area contributed by atoms with Gasteiger partial charge in [0.25, 0.3) is 0 Å². The monoisotopic (exact) mass is 260 g/mol. The highest BCUT2D eigenvalue weighted by molar-refractivity contribution is 4.49. The minimum absolute atomic E-state index is 0.797. The maximum atomic E-state index is 5.51. The Morgan fingerprint density at radius 2 is 1.33 bits per heavy atom. The second-order valence-corrected chi connectivity index (χ2v) is 4.37. The number of hydrogen-bond acceptors (Lipinski definition) is 4. The Morgan fingerprint density at radius 3 is 1.94 bits per heavy atom. The number of unbranched alkanes of at least 4 members (excludes halogenated alkanes) is 2. The van der Waals surface area contributed by atoms with Gasteiger partial charge in [-0.2, -0.15) is 0 Å². The lowest BCUT2D eigenvalue weighted by Crippen LogP contribution is -2.25. The highest BCUT2D eigenvalue weighted by atomic mass is 16.5. The van der Waals surface area contributed by atoms with E-state index >= 15 is 0 Å². The molecule has 0 radical (unpaired) electrons. The fraction of sp³-hybridized carbons (Fsp3) is 1.00. The van der Waals surface area contributed by atoms with E-state index in [9.17, 15) is 0 Å². The van der Waals surface area contributed by atoms with Gasteiger partial charge in [0, 0.05) is 26.3 Å². The third-order valence-electron chi connectivity index (χ3n) is 2.65. The summed E-state index contributed by atoms with van der Waals surface area (Å²) in [5.74, 6) is 0. The quantitative estimate of drug-likeness (QED) is 0.441. The van der Waals surface area contributed by atoms with Crippen LogP contribution in [0.4, 0.5) is 0 Å². The van der Waals surface area contributed by atoms with Crippen LogP contribution in [-0.2, 0) is 9.47 Å². The first kappa shape index (κ1) is 17.8. The predicted molar refractivity (Wildman–Crippen MR) is 77.2 cm³/mol. The van der Waals surface area contributed by atoms with E-state index in [-0.39, 0.29) is 0 Å².